The number of halogens is 2. The normalized spacial score (nSPS) is 16.8. The summed E-state index contributed by atoms with van der Waals surface area (Å²) in [4.78, 5) is 0.0920. The van der Waals surface area contributed by atoms with Crippen molar-refractivity contribution in [3.63, 3.8) is 0 Å². The topological polar surface area (TPSA) is 72.2 Å². The third kappa shape index (κ3) is 2.76. The summed E-state index contributed by atoms with van der Waals surface area (Å²) in [5.74, 6) is 0. The summed E-state index contributed by atoms with van der Waals surface area (Å²) in [7, 11) is -3.56. The number of nitrogens with two attached hydrogens (primary N) is 1. The molecule has 1 aromatic carbocycles. The van der Waals surface area contributed by atoms with Gasteiger partial charge in [0.15, 0.2) is 0 Å². The minimum Gasteiger partial charge on any atom is -0.398 e. The number of anilines is 1. The summed E-state index contributed by atoms with van der Waals surface area (Å²) in [5, 5.41) is 0.305. The highest BCUT2D eigenvalue weighted by molar-refractivity contribution is 9.10. The van der Waals surface area contributed by atoms with Gasteiger partial charge in [-0.05, 0) is 40.9 Å². The highest BCUT2D eigenvalue weighted by atomic mass is 79.9. The molecule has 0 aliphatic heterocycles. The summed E-state index contributed by atoms with van der Waals surface area (Å²) >= 11 is 9.00. The molecule has 0 saturated heterocycles. The van der Waals surface area contributed by atoms with Gasteiger partial charge in [-0.15, -0.1) is 0 Å². The number of rotatable bonds is 3. The zero-order valence-corrected chi connectivity index (χ0v) is 12.1. The average molecular weight is 340 g/mol. The van der Waals surface area contributed by atoms with Crippen LogP contribution in [0.4, 0.5) is 5.69 Å². The maximum absolute atomic E-state index is 12.1. The van der Waals surface area contributed by atoms with Crippen molar-refractivity contribution < 1.29 is 8.42 Å². The minimum atomic E-state index is -3.56. The van der Waals surface area contributed by atoms with Gasteiger partial charge in [0.1, 0.15) is 0 Å². The maximum atomic E-state index is 12.1. The second-order valence-corrected chi connectivity index (χ2v) is 6.97. The smallest absolute Gasteiger partial charge is 0.242 e. The quantitative estimate of drug-likeness (QED) is 0.831. The first-order chi connectivity index (χ1) is 7.90. The van der Waals surface area contributed by atoms with Crippen LogP contribution in [0.1, 0.15) is 19.3 Å². The third-order valence-corrected chi connectivity index (χ3v) is 5.66. The van der Waals surface area contributed by atoms with E-state index < -0.39 is 10.0 Å². The molecule has 2 rings (SSSR count). The van der Waals surface area contributed by atoms with Crippen LogP contribution in [0.2, 0.25) is 5.02 Å². The minimum absolute atomic E-state index is 0.0344. The Labute approximate surface area is 114 Å². The molecule has 0 amide bonds. The predicted octanol–water partition coefficient (Wildman–Crippen LogP) is 2.52. The molecule has 94 valence electrons. The Kier molecular flexibility index (Phi) is 3.68. The largest absolute Gasteiger partial charge is 0.398 e. The first-order valence-electron chi connectivity index (χ1n) is 5.17. The standard InChI is InChI=1S/C10H12BrClN2O2S/c11-10-8(13)4-6(12)5-9(10)17(15,16)14-7-2-1-3-7/h4-5,7,14H,1-3,13H2. The van der Waals surface area contributed by atoms with Gasteiger partial charge in [-0.3, -0.25) is 0 Å². The van der Waals surface area contributed by atoms with Crippen LogP contribution in [0.25, 0.3) is 0 Å². The van der Waals surface area contributed by atoms with E-state index in [0.29, 0.717) is 15.2 Å². The molecule has 17 heavy (non-hydrogen) atoms. The van der Waals surface area contributed by atoms with E-state index in [9.17, 15) is 8.42 Å². The van der Waals surface area contributed by atoms with Crippen molar-refractivity contribution >= 4 is 43.2 Å². The molecule has 1 aliphatic carbocycles. The van der Waals surface area contributed by atoms with Crippen LogP contribution in [0.3, 0.4) is 0 Å². The molecule has 0 radical (unpaired) electrons. The predicted molar refractivity (Wildman–Crippen MR) is 71.5 cm³/mol. The van der Waals surface area contributed by atoms with Gasteiger partial charge < -0.3 is 5.73 Å². The zero-order valence-electron chi connectivity index (χ0n) is 8.91. The van der Waals surface area contributed by atoms with E-state index in [1.165, 1.54) is 12.1 Å². The number of nitrogen functional groups attached to an aromatic ring is 1. The molecular formula is C10H12BrClN2O2S. The van der Waals surface area contributed by atoms with Crippen molar-refractivity contribution in [1.82, 2.24) is 4.72 Å². The Balaban J connectivity index is 2.38. The SMILES string of the molecule is Nc1cc(Cl)cc(S(=O)(=O)NC2CCC2)c1Br. The third-order valence-electron chi connectivity index (χ3n) is 2.75. The molecule has 1 aromatic rings. The summed E-state index contributed by atoms with van der Waals surface area (Å²) in [6.07, 6.45) is 2.83. The molecule has 0 unspecified atom stereocenters. The van der Waals surface area contributed by atoms with Crippen LogP contribution in [0.5, 0.6) is 0 Å². The summed E-state index contributed by atoms with van der Waals surface area (Å²) in [6.45, 7) is 0. The fourth-order valence-corrected chi connectivity index (χ4v) is 4.19. The van der Waals surface area contributed by atoms with Crippen molar-refractivity contribution in [2.75, 3.05) is 5.73 Å². The molecular weight excluding hydrogens is 328 g/mol. The van der Waals surface area contributed by atoms with Gasteiger partial charge >= 0.3 is 0 Å². The van der Waals surface area contributed by atoms with E-state index in [4.69, 9.17) is 17.3 Å². The first-order valence-corrected chi connectivity index (χ1v) is 7.82. The first kappa shape index (κ1) is 13.1. The average Bonchev–Trinajstić information content (AvgIpc) is 2.17. The van der Waals surface area contributed by atoms with Crippen molar-refractivity contribution in [2.45, 2.75) is 30.2 Å². The Morgan fingerprint density at radius 1 is 1.41 bits per heavy atom. The van der Waals surface area contributed by atoms with Crippen LogP contribution in [0, 0.1) is 0 Å². The lowest BCUT2D eigenvalue weighted by Crippen LogP contribution is -2.39. The molecule has 1 aliphatic rings. The Morgan fingerprint density at radius 3 is 2.59 bits per heavy atom. The monoisotopic (exact) mass is 338 g/mol. The Hall–Kier alpha value is -0.300. The molecule has 7 heteroatoms. The lowest BCUT2D eigenvalue weighted by atomic mass is 9.94. The Morgan fingerprint density at radius 2 is 2.06 bits per heavy atom. The van der Waals surface area contributed by atoms with Crippen LogP contribution in [-0.4, -0.2) is 14.5 Å². The molecule has 4 nitrogen and oxygen atoms in total. The van der Waals surface area contributed by atoms with E-state index in [1.807, 2.05) is 0 Å². The van der Waals surface area contributed by atoms with Gasteiger partial charge in [0, 0.05) is 16.8 Å². The van der Waals surface area contributed by atoms with Gasteiger partial charge in [-0.2, -0.15) is 0 Å². The number of nitrogens with one attached hydrogen (secondary N) is 1. The van der Waals surface area contributed by atoms with Gasteiger partial charge in [-0.25, -0.2) is 13.1 Å². The Bertz CT molecular complexity index is 543. The van der Waals surface area contributed by atoms with Crippen molar-refractivity contribution in [1.29, 1.82) is 0 Å². The highest BCUT2D eigenvalue weighted by Gasteiger charge is 2.27. The summed E-state index contributed by atoms with van der Waals surface area (Å²) < 4.78 is 27.2. The van der Waals surface area contributed by atoms with E-state index in [2.05, 4.69) is 20.7 Å². The van der Waals surface area contributed by atoms with Crippen LogP contribution in [0.15, 0.2) is 21.5 Å². The van der Waals surface area contributed by atoms with Crippen LogP contribution < -0.4 is 10.5 Å². The number of benzene rings is 1. The van der Waals surface area contributed by atoms with Crippen LogP contribution >= 0.6 is 27.5 Å². The highest BCUT2D eigenvalue weighted by Crippen LogP contribution is 2.32. The summed E-state index contributed by atoms with van der Waals surface area (Å²) in [6, 6.07) is 2.93. The zero-order chi connectivity index (χ0) is 12.6. The fourth-order valence-electron chi connectivity index (χ4n) is 1.59. The second kappa shape index (κ2) is 4.76. The number of hydrogen-bond donors (Lipinski definition) is 2. The molecule has 0 bridgehead atoms. The van der Waals surface area contributed by atoms with E-state index in [0.717, 1.165) is 19.3 Å². The number of sulfonamides is 1. The maximum Gasteiger partial charge on any atom is 0.242 e. The number of hydrogen-bond acceptors (Lipinski definition) is 3. The molecule has 1 saturated carbocycles. The van der Waals surface area contributed by atoms with Crippen molar-refractivity contribution in [3.05, 3.63) is 21.6 Å². The molecule has 3 N–H and O–H groups in total. The van der Waals surface area contributed by atoms with E-state index >= 15 is 0 Å². The summed E-state index contributed by atoms with van der Waals surface area (Å²) in [5.41, 5.74) is 5.98. The van der Waals surface area contributed by atoms with Gasteiger partial charge in [0.25, 0.3) is 0 Å². The van der Waals surface area contributed by atoms with Gasteiger partial charge in [-0.1, -0.05) is 18.0 Å². The van der Waals surface area contributed by atoms with Crippen molar-refractivity contribution in [2.24, 2.45) is 0 Å². The molecule has 1 fully saturated rings. The van der Waals surface area contributed by atoms with Gasteiger partial charge in [0.2, 0.25) is 10.0 Å². The second-order valence-electron chi connectivity index (χ2n) is 4.06. The lowest BCUT2D eigenvalue weighted by molar-refractivity contribution is 0.383. The van der Waals surface area contributed by atoms with Gasteiger partial charge in [0.05, 0.1) is 9.37 Å². The molecule has 0 spiro atoms. The van der Waals surface area contributed by atoms with E-state index in [-0.39, 0.29) is 10.9 Å². The molecule has 0 aromatic heterocycles. The lowest BCUT2D eigenvalue weighted by Gasteiger charge is -2.26. The fraction of sp³-hybridized carbons (Fsp3) is 0.400. The van der Waals surface area contributed by atoms with Crippen LogP contribution in [-0.2, 0) is 10.0 Å². The molecule has 0 heterocycles. The molecule has 0 atom stereocenters. The van der Waals surface area contributed by atoms with E-state index in [1.54, 1.807) is 0 Å². The van der Waals surface area contributed by atoms with Crippen molar-refractivity contribution in [3.8, 4) is 0 Å².